The fourth-order valence-electron chi connectivity index (χ4n) is 2.03. The van der Waals surface area contributed by atoms with Crippen LogP contribution in [0.1, 0.15) is 30.1 Å². The van der Waals surface area contributed by atoms with Gasteiger partial charge in [-0.2, -0.15) is 0 Å². The number of nitrogens with one attached hydrogen (secondary N) is 2. The van der Waals surface area contributed by atoms with Gasteiger partial charge in [-0.1, -0.05) is 13.3 Å². The molecule has 1 heterocycles. The van der Waals surface area contributed by atoms with Crippen molar-refractivity contribution in [2.45, 2.75) is 19.8 Å². The number of rotatable bonds is 8. The lowest BCUT2D eigenvalue weighted by Gasteiger charge is -2.10. The Balaban J connectivity index is 2.01. The predicted molar refractivity (Wildman–Crippen MR) is 92.9 cm³/mol. The van der Waals surface area contributed by atoms with E-state index < -0.39 is 0 Å². The number of benzene rings is 1. The lowest BCUT2D eigenvalue weighted by Crippen LogP contribution is -2.13. The van der Waals surface area contributed by atoms with Crippen LogP contribution in [0.3, 0.4) is 0 Å². The summed E-state index contributed by atoms with van der Waals surface area (Å²) in [6, 6.07) is 5.16. The van der Waals surface area contributed by atoms with E-state index in [0.717, 1.165) is 19.4 Å². The van der Waals surface area contributed by atoms with Crippen molar-refractivity contribution < 1.29 is 14.3 Å². The molecule has 0 saturated carbocycles. The smallest absolute Gasteiger partial charge is 0.258 e. The normalized spacial score (nSPS) is 10.1. The molecule has 0 aliphatic carbocycles. The maximum absolute atomic E-state index is 12.3. The Bertz CT molecular complexity index is 674. The third-order valence-corrected chi connectivity index (χ3v) is 3.37. The molecule has 0 radical (unpaired) electrons. The molecule has 7 heteroatoms. The molecule has 24 heavy (non-hydrogen) atoms. The maximum atomic E-state index is 12.3. The Morgan fingerprint density at radius 3 is 2.46 bits per heavy atom. The summed E-state index contributed by atoms with van der Waals surface area (Å²) in [5.41, 5.74) is 0.980. The number of methoxy groups -OCH3 is 2. The van der Waals surface area contributed by atoms with Gasteiger partial charge in [0.05, 0.1) is 19.8 Å². The lowest BCUT2D eigenvalue weighted by atomic mass is 10.2. The monoisotopic (exact) mass is 330 g/mol. The summed E-state index contributed by atoms with van der Waals surface area (Å²) >= 11 is 0. The molecule has 0 atom stereocenters. The standard InChI is InChI=1S/C17H22N4O3/c1-4-5-8-18-17-19-10-12(11-20-17)16(22)21-13-6-7-14(23-2)15(9-13)24-3/h6-7,9-11H,4-5,8H2,1-3H3,(H,21,22)(H,18,19,20). The van der Waals surface area contributed by atoms with Gasteiger partial charge in [0.2, 0.25) is 5.95 Å². The Morgan fingerprint density at radius 2 is 1.83 bits per heavy atom. The van der Waals surface area contributed by atoms with Gasteiger partial charge in [-0.05, 0) is 18.6 Å². The molecule has 0 fully saturated rings. The maximum Gasteiger partial charge on any atom is 0.258 e. The first-order chi connectivity index (χ1) is 11.7. The van der Waals surface area contributed by atoms with Crippen molar-refractivity contribution in [3.05, 3.63) is 36.2 Å². The SMILES string of the molecule is CCCCNc1ncc(C(=O)Nc2ccc(OC)c(OC)c2)cn1. The van der Waals surface area contributed by atoms with Gasteiger partial charge in [0.25, 0.3) is 5.91 Å². The molecule has 1 amide bonds. The molecule has 0 aliphatic heterocycles. The van der Waals surface area contributed by atoms with Crippen molar-refractivity contribution in [3.8, 4) is 11.5 Å². The molecule has 0 bridgehead atoms. The highest BCUT2D eigenvalue weighted by molar-refractivity contribution is 6.04. The number of carbonyl (C=O) groups excluding carboxylic acids is 1. The van der Waals surface area contributed by atoms with Crippen molar-refractivity contribution in [2.75, 3.05) is 31.4 Å². The third kappa shape index (κ3) is 4.58. The largest absolute Gasteiger partial charge is 0.493 e. The second kappa shape index (κ2) is 8.71. The molecule has 1 aromatic heterocycles. The van der Waals surface area contributed by atoms with Crippen LogP contribution in [0.2, 0.25) is 0 Å². The fraction of sp³-hybridized carbons (Fsp3) is 0.353. The Kier molecular flexibility index (Phi) is 6.36. The summed E-state index contributed by atoms with van der Waals surface area (Å²) in [6.07, 6.45) is 5.14. The Labute approximate surface area is 141 Å². The Morgan fingerprint density at radius 1 is 1.12 bits per heavy atom. The number of amides is 1. The second-order valence-corrected chi connectivity index (χ2v) is 5.10. The first-order valence-corrected chi connectivity index (χ1v) is 7.77. The molecule has 7 nitrogen and oxygen atoms in total. The summed E-state index contributed by atoms with van der Waals surface area (Å²) in [5, 5.41) is 5.89. The van der Waals surface area contributed by atoms with Gasteiger partial charge in [0.1, 0.15) is 0 Å². The molecule has 0 unspecified atom stereocenters. The summed E-state index contributed by atoms with van der Waals surface area (Å²) < 4.78 is 10.4. The average Bonchev–Trinajstić information content (AvgIpc) is 2.62. The second-order valence-electron chi connectivity index (χ2n) is 5.10. The van der Waals surface area contributed by atoms with Gasteiger partial charge in [-0.3, -0.25) is 4.79 Å². The van der Waals surface area contributed by atoms with Gasteiger partial charge >= 0.3 is 0 Å². The topological polar surface area (TPSA) is 85.4 Å². The quantitative estimate of drug-likeness (QED) is 0.724. The van der Waals surface area contributed by atoms with E-state index >= 15 is 0 Å². The van der Waals surface area contributed by atoms with Gasteiger partial charge in [-0.15, -0.1) is 0 Å². The van der Waals surface area contributed by atoms with E-state index in [-0.39, 0.29) is 5.91 Å². The van der Waals surface area contributed by atoms with Crippen LogP contribution < -0.4 is 20.1 Å². The molecule has 1 aromatic carbocycles. The summed E-state index contributed by atoms with van der Waals surface area (Å²) in [4.78, 5) is 20.5. The van der Waals surface area contributed by atoms with Crippen LogP contribution in [-0.4, -0.2) is 36.6 Å². The number of hydrogen-bond donors (Lipinski definition) is 2. The average molecular weight is 330 g/mol. The number of hydrogen-bond acceptors (Lipinski definition) is 6. The lowest BCUT2D eigenvalue weighted by molar-refractivity contribution is 0.102. The van der Waals surface area contributed by atoms with Crippen molar-refractivity contribution in [1.29, 1.82) is 0 Å². The summed E-state index contributed by atoms with van der Waals surface area (Å²) in [6.45, 7) is 2.93. The molecule has 2 aromatic rings. The molecular weight excluding hydrogens is 308 g/mol. The molecule has 2 N–H and O–H groups in total. The number of unbranched alkanes of at least 4 members (excludes halogenated alkanes) is 1. The summed E-state index contributed by atoms with van der Waals surface area (Å²) in [5.74, 6) is 1.37. The van der Waals surface area contributed by atoms with E-state index in [0.29, 0.717) is 28.7 Å². The number of nitrogens with zero attached hydrogens (tertiary/aromatic N) is 2. The molecule has 128 valence electrons. The minimum absolute atomic E-state index is 0.290. The first-order valence-electron chi connectivity index (χ1n) is 7.77. The number of anilines is 2. The van der Waals surface area contributed by atoms with Crippen LogP contribution in [0.4, 0.5) is 11.6 Å². The molecule has 0 saturated heterocycles. The van der Waals surface area contributed by atoms with E-state index in [9.17, 15) is 4.79 Å². The first kappa shape index (κ1) is 17.5. The van der Waals surface area contributed by atoms with Crippen LogP contribution in [0.5, 0.6) is 11.5 Å². The molecule has 0 spiro atoms. The van der Waals surface area contributed by atoms with Crippen LogP contribution in [0, 0.1) is 0 Å². The van der Waals surface area contributed by atoms with Crippen molar-refractivity contribution >= 4 is 17.5 Å². The van der Waals surface area contributed by atoms with Gasteiger partial charge in [0, 0.05) is 30.7 Å². The third-order valence-electron chi connectivity index (χ3n) is 3.37. The van der Waals surface area contributed by atoms with Crippen LogP contribution in [0.15, 0.2) is 30.6 Å². The van der Waals surface area contributed by atoms with E-state index in [1.165, 1.54) is 12.4 Å². The van der Waals surface area contributed by atoms with Crippen LogP contribution in [-0.2, 0) is 0 Å². The highest BCUT2D eigenvalue weighted by Crippen LogP contribution is 2.29. The van der Waals surface area contributed by atoms with Gasteiger partial charge < -0.3 is 20.1 Å². The highest BCUT2D eigenvalue weighted by Gasteiger charge is 2.10. The van der Waals surface area contributed by atoms with Crippen molar-refractivity contribution in [3.63, 3.8) is 0 Å². The van der Waals surface area contributed by atoms with E-state index in [1.807, 2.05) is 0 Å². The van der Waals surface area contributed by atoms with Crippen molar-refractivity contribution in [2.24, 2.45) is 0 Å². The summed E-state index contributed by atoms with van der Waals surface area (Å²) in [7, 11) is 3.10. The molecule has 0 aliphatic rings. The minimum Gasteiger partial charge on any atom is -0.493 e. The van der Waals surface area contributed by atoms with Crippen molar-refractivity contribution in [1.82, 2.24) is 9.97 Å². The Hall–Kier alpha value is -2.83. The number of ether oxygens (including phenoxy) is 2. The minimum atomic E-state index is -0.290. The predicted octanol–water partition coefficient (Wildman–Crippen LogP) is 2.96. The van der Waals surface area contributed by atoms with E-state index in [1.54, 1.807) is 32.4 Å². The zero-order chi connectivity index (χ0) is 17.4. The zero-order valence-corrected chi connectivity index (χ0v) is 14.1. The highest BCUT2D eigenvalue weighted by atomic mass is 16.5. The van der Waals surface area contributed by atoms with Gasteiger partial charge in [-0.25, -0.2) is 9.97 Å². The van der Waals surface area contributed by atoms with Crippen LogP contribution >= 0.6 is 0 Å². The molecular formula is C17H22N4O3. The van der Waals surface area contributed by atoms with E-state index in [4.69, 9.17) is 9.47 Å². The van der Waals surface area contributed by atoms with Gasteiger partial charge in [0.15, 0.2) is 11.5 Å². The zero-order valence-electron chi connectivity index (χ0n) is 14.1. The fourth-order valence-corrected chi connectivity index (χ4v) is 2.03. The van der Waals surface area contributed by atoms with Crippen LogP contribution in [0.25, 0.3) is 0 Å². The number of aromatic nitrogens is 2. The number of carbonyl (C=O) groups is 1. The molecule has 2 rings (SSSR count). The van der Waals surface area contributed by atoms with E-state index in [2.05, 4.69) is 27.5 Å².